The largest absolute Gasteiger partial charge is 0.308 e. The smallest absolute Gasteiger partial charge is 0.117 e. The molecule has 3 unspecified atom stereocenters. The van der Waals surface area contributed by atoms with Crippen LogP contribution in [0.25, 0.3) is 0 Å². The molecule has 2 bridgehead atoms. The Labute approximate surface area is 60.4 Å². The zero-order valence-electron chi connectivity index (χ0n) is 5.14. The molecule has 0 amide bonds. The number of nitrogens with one attached hydrogen (secondary N) is 1. The van der Waals surface area contributed by atoms with E-state index in [9.17, 15) is 4.39 Å². The molecule has 1 nitrogen and oxygen atoms in total. The molecule has 2 fully saturated rings. The molecule has 0 aliphatic carbocycles. The highest BCUT2D eigenvalue weighted by atomic mass is 35.5. The summed E-state index contributed by atoms with van der Waals surface area (Å²) in [6, 6.07) is 0.745. The van der Waals surface area contributed by atoms with Gasteiger partial charge in [-0.15, -0.1) is 12.4 Å². The van der Waals surface area contributed by atoms with Gasteiger partial charge in [-0.05, 0) is 19.3 Å². The lowest BCUT2D eigenvalue weighted by Gasteiger charge is -2.09. The second-order valence-corrected chi connectivity index (χ2v) is 2.80. The number of hydrogen-bond acceptors (Lipinski definition) is 1. The van der Waals surface area contributed by atoms with E-state index in [2.05, 4.69) is 5.32 Å². The topological polar surface area (TPSA) is 12.0 Å². The predicted molar refractivity (Wildman–Crippen MR) is 36.7 cm³/mol. The van der Waals surface area contributed by atoms with Crippen LogP contribution in [0, 0.1) is 0 Å². The number of halogens is 2. The number of alkyl halides is 1. The van der Waals surface area contributed by atoms with E-state index < -0.39 is 6.17 Å². The first-order chi connectivity index (χ1) is 3.86. The predicted octanol–water partition coefficient (Wildman–Crippen LogP) is 1.27. The molecule has 2 rings (SSSR count). The first kappa shape index (κ1) is 7.29. The van der Waals surface area contributed by atoms with Gasteiger partial charge < -0.3 is 5.32 Å². The second-order valence-electron chi connectivity index (χ2n) is 2.80. The lowest BCUT2D eigenvalue weighted by Crippen LogP contribution is -2.23. The molecule has 0 spiro atoms. The van der Waals surface area contributed by atoms with Gasteiger partial charge in [0, 0.05) is 12.1 Å². The molecule has 2 heterocycles. The van der Waals surface area contributed by atoms with E-state index in [0.29, 0.717) is 6.04 Å². The van der Waals surface area contributed by atoms with Crippen LogP contribution in [0.5, 0.6) is 0 Å². The Bertz CT molecular complexity index is 107. The summed E-state index contributed by atoms with van der Waals surface area (Å²) < 4.78 is 12.6. The van der Waals surface area contributed by atoms with Crippen molar-refractivity contribution in [3.8, 4) is 0 Å². The van der Waals surface area contributed by atoms with E-state index in [0.717, 1.165) is 12.8 Å². The van der Waals surface area contributed by atoms with Crippen LogP contribution in [0.15, 0.2) is 0 Å². The van der Waals surface area contributed by atoms with E-state index in [-0.39, 0.29) is 18.4 Å². The van der Waals surface area contributed by atoms with Gasteiger partial charge in [-0.3, -0.25) is 0 Å². The maximum Gasteiger partial charge on any atom is 0.117 e. The van der Waals surface area contributed by atoms with Crippen molar-refractivity contribution in [3.63, 3.8) is 0 Å². The molecule has 3 atom stereocenters. The summed E-state index contributed by atoms with van der Waals surface area (Å²) in [7, 11) is 0. The lowest BCUT2D eigenvalue weighted by molar-refractivity contribution is 0.277. The van der Waals surface area contributed by atoms with Gasteiger partial charge in [0.05, 0.1) is 0 Å². The first-order valence-electron chi connectivity index (χ1n) is 3.26. The third-order valence-electron chi connectivity index (χ3n) is 2.22. The van der Waals surface area contributed by atoms with Gasteiger partial charge in [-0.25, -0.2) is 4.39 Å². The molecule has 0 aromatic rings. The fraction of sp³-hybridized carbons (Fsp3) is 1.00. The summed E-state index contributed by atoms with van der Waals surface area (Å²) in [5.41, 5.74) is 0. The van der Waals surface area contributed by atoms with Crippen LogP contribution in [0.4, 0.5) is 4.39 Å². The minimum atomic E-state index is -0.534. The zero-order chi connectivity index (χ0) is 5.56. The van der Waals surface area contributed by atoms with Gasteiger partial charge >= 0.3 is 0 Å². The van der Waals surface area contributed by atoms with Crippen LogP contribution in [0.2, 0.25) is 0 Å². The Balaban J connectivity index is 0.000000405. The summed E-state index contributed by atoms with van der Waals surface area (Å²) in [4.78, 5) is 0. The second kappa shape index (κ2) is 2.43. The maximum atomic E-state index is 12.6. The molecule has 0 aromatic heterocycles. The van der Waals surface area contributed by atoms with Crippen LogP contribution in [0.3, 0.4) is 0 Å². The van der Waals surface area contributed by atoms with E-state index in [1.807, 2.05) is 0 Å². The molecule has 2 aliphatic rings. The van der Waals surface area contributed by atoms with Crippen molar-refractivity contribution in [1.82, 2.24) is 5.32 Å². The average molecular weight is 152 g/mol. The van der Waals surface area contributed by atoms with Crippen molar-refractivity contribution in [2.45, 2.75) is 37.5 Å². The molecule has 9 heavy (non-hydrogen) atoms. The average Bonchev–Trinajstić information content (AvgIpc) is 2.23. The molecule has 0 aromatic carbocycles. The van der Waals surface area contributed by atoms with E-state index in [4.69, 9.17) is 0 Å². The minimum Gasteiger partial charge on any atom is -0.308 e. The third kappa shape index (κ3) is 1.06. The highest BCUT2D eigenvalue weighted by molar-refractivity contribution is 5.85. The monoisotopic (exact) mass is 151 g/mol. The highest BCUT2D eigenvalue weighted by Crippen LogP contribution is 2.29. The zero-order valence-corrected chi connectivity index (χ0v) is 5.96. The van der Waals surface area contributed by atoms with E-state index in [1.165, 1.54) is 6.42 Å². The molecule has 0 radical (unpaired) electrons. The molecule has 2 aliphatic heterocycles. The van der Waals surface area contributed by atoms with Crippen molar-refractivity contribution in [1.29, 1.82) is 0 Å². The third-order valence-corrected chi connectivity index (χ3v) is 2.22. The van der Waals surface area contributed by atoms with Crippen LogP contribution < -0.4 is 5.32 Å². The molecule has 2 saturated heterocycles. The van der Waals surface area contributed by atoms with Gasteiger partial charge in [-0.1, -0.05) is 0 Å². The summed E-state index contributed by atoms with van der Waals surface area (Å²) >= 11 is 0. The molecule has 1 N–H and O–H groups in total. The van der Waals surface area contributed by atoms with Crippen molar-refractivity contribution >= 4 is 12.4 Å². The van der Waals surface area contributed by atoms with Crippen LogP contribution in [0.1, 0.15) is 19.3 Å². The SMILES string of the molecule is Cl.FC1CC2CCC1N2. The van der Waals surface area contributed by atoms with Gasteiger partial charge in [0.25, 0.3) is 0 Å². The number of hydrogen-bond donors (Lipinski definition) is 1. The Morgan fingerprint density at radius 2 is 2.11 bits per heavy atom. The highest BCUT2D eigenvalue weighted by Gasteiger charge is 2.38. The number of fused-ring (bicyclic) bond motifs is 2. The molecular formula is C6H11ClFN. The summed E-state index contributed by atoms with van der Waals surface area (Å²) in [5.74, 6) is 0. The fourth-order valence-corrected chi connectivity index (χ4v) is 1.76. The number of rotatable bonds is 0. The summed E-state index contributed by atoms with van der Waals surface area (Å²) in [6.07, 6.45) is 2.50. The molecule has 54 valence electrons. The normalized spacial score (nSPS) is 47.0. The first-order valence-corrected chi connectivity index (χ1v) is 3.26. The van der Waals surface area contributed by atoms with Gasteiger partial charge in [0.1, 0.15) is 6.17 Å². The maximum absolute atomic E-state index is 12.6. The van der Waals surface area contributed by atoms with Crippen molar-refractivity contribution in [2.24, 2.45) is 0 Å². The van der Waals surface area contributed by atoms with Crippen molar-refractivity contribution in [3.05, 3.63) is 0 Å². The van der Waals surface area contributed by atoms with Crippen LogP contribution >= 0.6 is 12.4 Å². The standard InChI is InChI=1S/C6H10FN.ClH/c7-5-3-4-1-2-6(5)8-4;/h4-6,8H,1-3H2;1H. The van der Waals surface area contributed by atoms with Crippen LogP contribution in [-0.2, 0) is 0 Å². The minimum absolute atomic E-state index is 0. The van der Waals surface area contributed by atoms with Gasteiger partial charge in [0.15, 0.2) is 0 Å². The van der Waals surface area contributed by atoms with Crippen molar-refractivity contribution in [2.75, 3.05) is 0 Å². The van der Waals surface area contributed by atoms with E-state index >= 15 is 0 Å². The summed E-state index contributed by atoms with van der Waals surface area (Å²) in [6.45, 7) is 0. The van der Waals surface area contributed by atoms with Gasteiger partial charge in [0.2, 0.25) is 0 Å². The lowest BCUT2D eigenvalue weighted by atomic mass is 9.99. The quantitative estimate of drug-likeness (QED) is 0.550. The molecular weight excluding hydrogens is 141 g/mol. The Kier molecular flexibility index (Phi) is 1.97. The van der Waals surface area contributed by atoms with Gasteiger partial charge in [-0.2, -0.15) is 0 Å². The van der Waals surface area contributed by atoms with E-state index in [1.54, 1.807) is 0 Å². The van der Waals surface area contributed by atoms with Crippen molar-refractivity contribution < 1.29 is 4.39 Å². The Morgan fingerprint density at radius 3 is 2.33 bits per heavy atom. The summed E-state index contributed by atoms with van der Waals surface area (Å²) in [5, 5.41) is 3.20. The molecule has 0 saturated carbocycles. The fourth-order valence-electron chi connectivity index (χ4n) is 1.76. The Hall–Kier alpha value is 0.180. The molecule has 3 heteroatoms. The van der Waals surface area contributed by atoms with Crippen LogP contribution in [-0.4, -0.2) is 18.3 Å². The Morgan fingerprint density at radius 1 is 1.33 bits per heavy atom.